The van der Waals surface area contributed by atoms with Crippen molar-refractivity contribution in [1.29, 1.82) is 0 Å². The van der Waals surface area contributed by atoms with Crippen LogP contribution < -0.4 is 0 Å². The quantitative estimate of drug-likeness (QED) is 0.559. The molecule has 0 amide bonds. The molecule has 3 aliphatic rings. The van der Waals surface area contributed by atoms with Crippen molar-refractivity contribution >= 4 is 0 Å². The number of hydrogen-bond donors (Lipinski definition) is 0. The molecule has 0 N–H and O–H groups in total. The van der Waals surface area contributed by atoms with Crippen molar-refractivity contribution in [3.63, 3.8) is 0 Å². The molecule has 128 valence electrons. The number of alkyl halides is 6. The lowest BCUT2D eigenvalue weighted by atomic mass is 9.79. The monoisotopic (exact) mass is 332 g/mol. The number of epoxide rings is 1. The van der Waals surface area contributed by atoms with Crippen LogP contribution in [0.15, 0.2) is 0 Å². The molecular weight excluding hydrogens is 314 g/mol. The van der Waals surface area contributed by atoms with E-state index in [1.807, 2.05) is 0 Å². The minimum Gasteiger partial charge on any atom is -0.371 e. The molecule has 4 unspecified atom stereocenters. The molecule has 22 heavy (non-hydrogen) atoms. The Labute approximate surface area is 124 Å². The first-order chi connectivity index (χ1) is 10.1. The summed E-state index contributed by atoms with van der Waals surface area (Å²) in [4.78, 5) is 0. The van der Waals surface area contributed by atoms with Gasteiger partial charge in [0, 0.05) is 0 Å². The maximum Gasteiger partial charge on any atom is 0.426 e. The predicted octanol–water partition coefficient (Wildman–Crippen LogP) is 4.09. The van der Waals surface area contributed by atoms with Gasteiger partial charge in [-0.15, -0.1) is 0 Å². The van der Waals surface area contributed by atoms with E-state index in [0.717, 1.165) is 19.3 Å². The highest BCUT2D eigenvalue weighted by molar-refractivity contribution is 5.02. The molecule has 0 radical (unpaired) electrons. The van der Waals surface area contributed by atoms with Crippen molar-refractivity contribution < 1.29 is 35.8 Å². The Morgan fingerprint density at radius 1 is 0.955 bits per heavy atom. The van der Waals surface area contributed by atoms with Crippen LogP contribution in [0, 0.1) is 17.8 Å². The lowest BCUT2D eigenvalue weighted by Crippen LogP contribution is -2.60. The van der Waals surface area contributed by atoms with Crippen LogP contribution in [0.25, 0.3) is 0 Å². The second kappa shape index (κ2) is 5.26. The number of rotatable bonds is 5. The van der Waals surface area contributed by atoms with Gasteiger partial charge in [-0.05, 0) is 43.4 Å². The number of ether oxygens (including phenoxy) is 2. The van der Waals surface area contributed by atoms with Crippen LogP contribution in [-0.4, -0.2) is 37.3 Å². The van der Waals surface area contributed by atoms with E-state index in [1.165, 1.54) is 0 Å². The zero-order valence-electron chi connectivity index (χ0n) is 11.8. The predicted molar refractivity (Wildman–Crippen MR) is 64.1 cm³/mol. The summed E-state index contributed by atoms with van der Waals surface area (Å²) >= 11 is 0. The summed E-state index contributed by atoms with van der Waals surface area (Å²) < 4.78 is 89.3. The van der Waals surface area contributed by atoms with Gasteiger partial charge in [-0.1, -0.05) is 6.42 Å². The second-order valence-corrected chi connectivity index (χ2v) is 6.73. The number of fused-ring (bicyclic) bond motifs is 2. The molecule has 3 fully saturated rings. The van der Waals surface area contributed by atoms with Gasteiger partial charge in [0.2, 0.25) is 0 Å². The topological polar surface area (TPSA) is 21.8 Å². The number of hydrogen-bond acceptors (Lipinski definition) is 2. The third-order valence-electron chi connectivity index (χ3n) is 5.27. The first-order valence-electron chi connectivity index (χ1n) is 7.51. The zero-order chi connectivity index (χ0) is 16.2. The van der Waals surface area contributed by atoms with Gasteiger partial charge in [-0.25, -0.2) is 0 Å². The Morgan fingerprint density at radius 3 is 2.00 bits per heavy atom. The Morgan fingerprint density at radius 2 is 1.59 bits per heavy atom. The molecule has 1 aliphatic heterocycles. The molecule has 8 heteroatoms. The summed E-state index contributed by atoms with van der Waals surface area (Å²) in [5.41, 5.74) is -4.07. The molecule has 4 atom stereocenters. The molecule has 1 saturated heterocycles. The number of halogens is 6. The molecule has 2 aliphatic carbocycles. The van der Waals surface area contributed by atoms with Crippen LogP contribution in [0.1, 0.15) is 32.1 Å². The van der Waals surface area contributed by atoms with Crippen LogP contribution in [0.3, 0.4) is 0 Å². The van der Waals surface area contributed by atoms with Gasteiger partial charge in [-0.3, -0.25) is 0 Å². The highest BCUT2D eigenvalue weighted by Gasteiger charge is 2.73. The fraction of sp³-hybridized carbons (Fsp3) is 1.00. The molecule has 2 saturated carbocycles. The van der Waals surface area contributed by atoms with Gasteiger partial charge < -0.3 is 9.47 Å². The standard InChI is InChI=1S/C14H18F6O2/c15-13(16,17)12(14(18,19)20,22-7-11-6-21-11)5-10-4-8-1-2-9(10)3-8/h8-11H,1-7H2. The van der Waals surface area contributed by atoms with Crippen molar-refractivity contribution in [1.82, 2.24) is 0 Å². The van der Waals surface area contributed by atoms with Crippen molar-refractivity contribution in [3.8, 4) is 0 Å². The van der Waals surface area contributed by atoms with Gasteiger partial charge in [0.15, 0.2) is 0 Å². The Bertz CT molecular complexity index is 401. The van der Waals surface area contributed by atoms with E-state index in [9.17, 15) is 26.3 Å². The molecule has 3 rings (SSSR count). The van der Waals surface area contributed by atoms with E-state index in [4.69, 9.17) is 0 Å². The average molecular weight is 332 g/mol. The Hall–Kier alpha value is -0.500. The third kappa shape index (κ3) is 2.84. The minimum absolute atomic E-state index is 0.0325. The van der Waals surface area contributed by atoms with E-state index >= 15 is 0 Å². The highest BCUT2D eigenvalue weighted by Crippen LogP contribution is 2.56. The second-order valence-electron chi connectivity index (χ2n) is 6.73. The molecule has 0 aromatic carbocycles. The van der Waals surface area contributed by atoms with Gasteiger partial charge in [0.05, 0.1) is 13.2 Å². The highest BCUT2D eigenvalue weighted by atomic mass is 19.4. The van der Waals surface area contributed by atoms with E-state index < -0.39 is 43.0 Å². The largest absolute Gasteiger partial charge is 0.426 e. The van der Waals surface area contributed by atoms with Crippen molar-refractivity contribution in [3.05, 3.63) is 0 Å². The Kier molecular flexibility index (Phi) is 3.91. The summed E-state index contributed by atoms with van der Waals surface area (Å²) in [5, 5.41) is 0. The average Bonchev–Trinajstić information content (AvgIpc) is 2.97. The molecule has 2 bridgehead atoms. The van der Waals surface area contributed by atoms with E-state index in [0.29, 0.717) is 6.42 Å². The van der Waals surface area contributed by atoms with E-state index in [2.05, 4.69) is 9.47 Å². The Balaban J connectivity index is 1.82. The SMILES string of the molecule is FC(F)(F)C(CC1CC2CCC1C2)(OCC1CO1)C(F)(F)F. The van der Waals surface area contributed by atoms with Crippen LogP contribution in [0.5, 0.6) is 0 Å². The normalized spacial score (nSPS) is 35.2. The minimum atomic E-state index is -5.48. The van der Waals surface area contributed by atoms with Gasteiger partial charge in [0.1, 0.15) is 6.10 Å². The molecule has 0 spiro atoms. The summed E-state index contributed by atoms with van der Waals surface area (Å²) in [5.74, 6) is -0.321. The molecule has 2 nitrogen and oxygen atoms in total. The summed E-state index contributed by atoms with van der Waals surface area (Å²) in [6, 6.07) is 0. The first kappa shape index (κ1) is 16.4. The lowest BCUT2D eigenvalue weighted by Gasteiger charge is -2.40. The van der Waals surface area contributed by atoms with Crippen LogP contribution in [0.2, 0.25) is 0 Å². The van der Waals surface area contributed by atoms with Gasteiger partial charge in [-0.2, -0.15) is 26.3 Å². The third-order valence-corrected chi connectivity index (χ3v) is 5.27. The van der Waals surface area contributed by atoms with Crippen molar-refractivity contribution in [2.45, 2.75) is 56.2 Å². The summed E-state index contributed by atoms with van der Waals surface area (Å²) in [7, 11) is 0. The van der Waals surface area contributed by atoms with Crippen molar-refractivity contribution in [2.24, 2.45) is 17.8 Å². The first-order valence-corrected chi connectivity index (χ1v) is 7.51. The van der Waals surface area contributed by atoms with Gasteiger partial charge >= 0.3 is 12.4 Å². The molecule has 0 aromatic heterocycles. The fourth-order valence-electron chi connectivity index (χ4n) is 4.01. The van der Waals surface area contributed by atoms with Crippen LogP contribution >= 0.6 is 0 Å². The van der Waals surface area contributed by atoms with E-state index in [1.54, 1.807) is 0 Å². The lowest BCUT2D eigenvalue weighted by molar-refractivity contribution is -0.386. The van der Waals surface area contributed by atoms with Crippen molar-refractivity contribution in [2.75, 3.05) is 13.2 Å². The van der Waals surface area contributed by atoms with Crippen LogP contribution in [-0.2, 0) is 9.47 Å². The molecule has 1 heterocycles. The molecule has 0 aromatic rings. The maximum atomic E-state index is 13.4. The zero-order valence-corrected chi connectivity index (χ0v) is 11.8. The maximum absolute atomic E-state index is 13.4. The van der Waals surface area contributed by atoms with Gasteiger partial charge in [0.25, 0.3) is 5.60 Å². The van der Waals surface area contributed by atoms with E-state index in [-0.39, 0.29) is 18.4 Å². The van der Waals surface area contributed by atoms with Crippen LogP contribution in [0.4, 0.5) is 26.3 Å². The summed E-state index contributed by atoms with van der Waals surface area (Å²) in [6.07, 6.45) is -9.79. The molecular formula is C14H18F6O2. The summed E-state index contributed by atoms with van der Waals surface area (Å²) in [6.45, 7) is -0.514. The fourth-order valence-corrected chi connectivity index (χ4v) is 4.01. The smallest absolute Gasteiger partial charge is 0.371 e.